The van der Waals surface area contributed by atoms with Crippen LogP contribution in [0.2, 0.25) is 0 Å². The van der Waals surface area contributed by atoms with Crippen LogP contribution in [0.1, 0.15) is 32.6 Å². The molecule has 66 valence electrons. The van der Waals surface area contributed by atoms with Crippen LogP contribution in [-0.2, 0) is 4.74 Å². The molecule has 0 atom stereocenters. The standard InChI is InChI=1S/C9H18O2/c1-2-3-8-11-9-6-4-5-7-10/h6,9-10H,2-5,7-8H2,1H3. The molecule has 2 heteroatoms. The Hall–Kier alpha value is -0.500. The van der Waals surface area contributed by atoms with E-state index in [1.807, 2.05) is 6.08 Å². The van der Waals surface area contributed by atoms with Gasteiger partial charge in [0.25, 0.3) is 0 Å². The van der Waals surface area contributed by atoms with Gasteiger partial charge in [-0.05, 0) is 25.3 Å². The van der Waals surface area contributed by atoms with E-state index in [-0.39, 0.29) is 6.61 Å². The predicted molar refractivity (Wildman–Crippen MR) is 46.3 cm³/mol. The van der Waals surface area contributed by atoms with Crippen molar-refractivity contribution in [3.05, 3.63) is 12.3 Å². The molecule has 0 heterocycles. The lowest BCUT2D eigenvalue weighted by molar-refractivity contribution is 0.241. The topological polar surface area (TPSA) is 29.5 Å². The summed E-state index contributed by atoms with van der Waals surface area (Å²) in [6.07, 6.45) is 7.70. The number of aliphatic hydroxyl groups is 1. The second-order valence-electron chi connectivity index (χ2n) is 2.46. The Morgan fingerprint density at radius 3 is 2.82 bits per heavy atom. The molecule has 0 aliphatic carbocycles. The fraction of sp³-hybridized carbons (Fsp3) is 0.778. The summed E-state index contributed by atoms with van der Waals surface area (Å²) in [4.78, 5) is 0. The van der Waals surface area contributed by atoms with Gasteiger partial charge in [0.1, 0.15) is 0 Å². The molecule has 0 radical (unpaired) electrons. The Morgan fingerprint density at radius 1 is 1.36 bits per heavy atom. The van der Waals surface area contributed by atoms with E-state index in [0.29, 0.717) is 0 Å². The van der Waals surface area contributed by atoms with Gasteiger partial charge >= 0.3 is 0 Å². The van der Waals surface area contributed by atoms with E-state index in [0.717, 1.165) is 25.9 Å². The lowest BCUT2D eigenvalue weighted by atomic mass is 10.3. The monoisotopic (exact) mass is 158 g/mol. The maximum Gasteiger partial charge on any atom is 0.0873 e. The molecule has 0 aromatic carbocycles. The van der Waals surface area contributed by atoms with E-state index < -0.39 is 0 Å². The van der Waals surface area contributed by atoms with Crippen molar-refractivity contribution >= 4 is 0 Å². The van der Waals surface area contributed by atoms with Gasteiger partial charge in [-0.3, -0.25) is 0 Å². The predicted octanol–water partition coefficient (Wildman–Crippen LogP) is 2.09. The summed E-state index contributed by atoms with van der Waals surface area (Å²) in [7, 11) is 0. The van der Waals surface area contributed by atoms with Crippen LogP contribution in [0.15, 0.2) is 12.3 Å². The Morgan fingerprint density at radius 2 is 2.18 bits per heavy atom. The minimum Gasteiger partial charge on any atom is -0.502 e. The Kier molecular flexibility index (Phi) is 9.07. The molecule has 0 rings (SSSR count). The maximum atomic E-state index is 8.43. The van der Waals surface area contributed by atoms with Crippen LogP contribution in [0.25, 0.3) is 0 Å². The molecule has 11 heavy (non-hydrogen) atoms. The number of hydrogen-bond donors (Lipinski definition) is 1. The van der Waals surface area contributed by atoms with E-state index >= 15 is 0 Å². The van der Waals surface area contributed by atoms with Gasteiger partial charge in [-0.2, -0.15) is 0 Å². The molecule has 0 aliphatic rings. The van der Waals surface area contributed by atoms with E-state index in [1.165, 1.54) is 6.42 Å². The van der Waals surface area contributed by atoms with Crippen LogP contribution in [-0.4, -0.2) is 18.3 Å². The van der Waals surface area contributed by atoms with Crippen LogP contribution in [0.5, 0.6) is 0 Å². The van der Waals surface area contributed by atoms with Crippen LogP contribution >= 0.6 is 0 Å². The van der Waals surface area contributed by atoms with Gasteiger partial charge in [-0.1, -0.05) is 13.3 Å². The molecule has 0 amide bonds. The van der Waals surface area contributed by atoms with E-state index in [4.69, 9.17) is 9.84 Å². The van der Waals surface area contributed by atoms with Crippen molar-refractivity contribution in [3.63, 3.8) is 0 Å². The number of rotatable bonds is 7. The second-order valence-corrected chi connectivity index (χ2v) is 2.46. The zero-order chi connectivity index (χ0) is 8.36. The molecule has 1 N–H and O–H groups in total. The van der Waals surface area contributed by atoms with Gasteiger partial charge < -0.3 is 9.84 Å². The molecule has 0 aromatic rings. The largest absolute Gasteiger partial charge is 0.502 e. The minimum atomic E-state index is 0.263. The summed E-state index contributed by atoms with van der Waals surface area (Å²) in [6.45, 7) is 3.21. The highest BCUT2D eigenvalue weighted by Crippen LogP contribution is 1.92. The van der Waals surface area contributed by atoms with Crippen molar-refractivity contribution in [1.29, 1.82) is 0 Å². The first-order valence-corrected chi connectivity index (χ1v) is 4.29. The Labute approximate surface area is 68.9 Å². The van der Waals surface area contributed by atoms with Gasteiger partial charge in [0.2, 0.25) is 0 Å². The van der Waals surface area contributed by atoms with E-state index in [2.05, 4.69) is 6.92 Å². The van der Waals surface area contributed by atoms with Crippen molar-refractivity contribution in [1.82, 2.24) is 0 Å². The summed E-state index contributed by atoms with van der Waals surface area (Å²) in [5, 5.41) is 8.43. The average Bonchev–Trinajstić information content (AvgIpc) is 2.03. The zero-order valence-corrected chi connectivity index (χ0v) is 7.25. The van der Waals surface area contributed by atoms with Gasteiger partial charge in [-0.25, -0.2) is 0 Å². The van der Waals surface area contributed by atoms with Gasteiger partial charge in [0, 0.05) is 6.61 Å². The van der Waals surface area contributed by atoms with Crippen molar-refractivity contribution < 1.29 is 9.84 Å². The molecule has 0 bridgehead atoms. The minimum absolute atomic E-state index is 0.263. The molecular formula is C9H18O2. The lowest BCUT2D eigenvalue weighted by Crippen LogP contribution is -1.85. The fourth-order valence-electron chi connectivity index (χ4n) is 0.641. The van der Waals surface area contributed by atoms with Crippen molar-refractivity contribution in [2.24, 2.45) is 0 Å². The van der Waals surface area contributed by atoms with Gasteiger partial charge in [-0.15, -0.1) is 0 Å². The van der Waals surface area contributed by atoms with Crippen LogP contribution in [0.3, 0.4) is 0 Å². The third kappa shape index (κ3) is 9.50. The number of unbranched alkanes of at least 4 members (excludes halogenated alkanes) is 2. The van der Waals surface area contributed by atoms with Gasteiger partial charge in [0.05, 0.1) is 12.9 Å². The van der Waals surface area contributed by atoms with Crippen LogP contribution < -0.4 is 0 Å². The number of hydrogen-bond acceptors (Lipinski definition) is 2. The average molecular weight is 158 g/mol. The highest BCUT2D eigenvalue weighted by molar-refractivity contribution is 4.72. The normalized spacial score (nSPS) is 10.7. The molecule has 0 fully saturated rings. The molecular weight excluding hydrogens is 140 g/mol. The number of ether oxygens (including phenoxy) is 1. The van der Waals surface area contributed by atoms with Crippen LogP contribution in [0, 0.1) is 0 Å². The molecule has 0 unspecified atom stereocenters. The quantitative estimate of drug-likeness (QED) is 0.454. The molecule has 0 aliphatic heterocycles. The number of allylic oxidation sites excluding steroid dienone is 1. The third-order valence-electron chi connectivity index (χ3n) is 1.34. The van der Waals surface area contributed by atoms with Crippen molar-refractivity contribution in [3.8, 4) is 0 Å². The molecule has 2 nitrogen and oxygen atoms in total. The maximum absolute atomic E-state index is 8.43. The zero-order valence-electron chi connectivity index (χ0n) is 7.25. The smallest absolute Gasteiger partial charge is 0.0873 e. The van der Waals surface area contributed by atoms with Crippen molar-refractivity contribution in [2.45, 2.75) is 32.6 Å². The molecule has 0 saturated heterocycles. The van der Waals surface area contributed by atoms with Gasteiger partial charge in [0.15, 0.2) is 0 Å². The summed E-state index contributed by atoms with van der Waals surface area (Å²) < 4.78 is 5.16. The van der Waals surface area contributed by atoms with Crippen LogP contribution in [0.4, 0.5) is 0 Å². The first-order chi connectivity index (χ1) is 5.41. The Balaban J connectivity index is 2.91. The summed E-state index contributed by atoms with van der Waals surface area (Å²) in [6, 6.07) is 0. The molecule has 0 aromatic heterocycles. The van der Waals surface area contributed by atoms with Crippen molar-refractivity contribution in [2.75, 3.05) is 13.2 Å². The molecule has 0 spiro atoms. The second kappa shape index (κ2) is 9.50. The summed E-state index contributed by atoms with van der Waals surface area (Å²) in [5.41, 5.74) is 0. The highest BCUT2D eigenvalue weighted by Gasteiger charge is 1.80. The fourth-order valence-corrected chi connectivity index (χ4v) is 0.641. The number of aliphatic hydroxyl groups excluding tert-OH is 1. The van der Waals surface area contributed by atoms with E-state index in [9.17, 15) is 0 Å². The van der Waals surface area contributed by atoms with E-state index in [1.54, 1.807) is 6.26 Å². The summed E-state index contributed by atoms with van der Waals surface area (Å²) >= 11 is 0. The summed E-state index contributed by atoms with van der Waals surface area (Å²) in [5.74, 6) is 0. The Bertz CT molecular complexity index is 89.6. The lowest BCUT2D eigenvalue weighted by Gasteiger charge is -1.96. The molecule has 0 saturated carbocycles. The highest BCUT2D eigenvalue weighted by atomic mass is 16.5. The SMILES string of the molecule is CCCCOC=CCCCO. The first-order valence-electron chi connectivity index (χ1n) is 4.29. The third-order valence-corrected chi connectivity index (χ3v) is 1.34. The first kappa shape index (κ1) is 10.5.